The molecule has 1 unspecified atom stereocenters. The van der Waals surface area contributed by atoms with Gasteiger partial charge >= 0.3 is 6.18 Å². The molecule has 3 heterocycles. The summed E-state index contributed by atoms with van der Waals surface area (Å²) in [5, 5.41) is 16.9. The number of anilines is 2. The van der Waals surface area contributed by atoms with Crippen LogP contribution in [-0.4, -0.2) is 38.4 Å². The topological polar surface area (TPSA) is 93.4 Å². The van der Waals surface area contributed by atoms with E-state index in [2.05, 4.69) is 25.9 Å². The van der Waals surface area contributed by atoms with Crippen molar-refractivity contribution in [3.05, 3.63) is 46.8 Å². The van der Waals surface area contributed by atoms with Gasteiger partial charge in [-0.3, -0.25) is 4.79 Å². The first-order valence-corrected chi connectivity index (χ1v) is 9.79. The van der Waals surface area contributed by atoms with Gasteiger partial charge in [0.2, 0.25) is 0 Å². The Balaban J connectivity index is 1.52. The van der Waals surface area contributed by atoms with E-state index in [1.807, 2.05) is 6.07 Å². The van der Waals surface area contributed by atoms with Crippen molar-refractivity contribution in [2.75, 3.05) is 17.2 Å². The molecule has 1 aromatic carbocycles. The highest BCUT2D eigenvalue weighted by Crippen LogP contribution is 2.29. The lowest BCUT2D eigenvalue weighted by Crippen LogP contribution is -2.26. The van der Waals surface area contributed by atoms with Gasteiger partial charge in [-0.2, -0.15) is 17.7 Å². The molecule has 1 saturated heterocycles. The number of ether oxygens (including phenoxy) is 1. The number of aromatic nitrogens is 4. The summed E-state index contributed by atoms with van der Waals surface area (Å²) in [5.41, 5.74) is 2.74. The quantitative estimate of drug-likeness (QED) is 0.639. The molecule has 4 rings (SSSR count). The van der Waals surface area contributed by atoms with Crippen LogP contribution in [0.5, 0.6) is 0 Å². The fourth-order valence-corrected chi connectivity index (χ4v) is 3.43. The molecule has 31 heavy (non-hydrogen) atoms. The molecule has 0 radical (unpaired) electrons. The summed E-state index contributed by atoms with van der Waals surface area (Å²) in [4.78, 5) is 12.2. The lowest BCUT2D eigenvalue weighted by molar-refractivity contribution is -0.146. The number of fused-ring (bicyclic) bond motifs is 1. The van der Waals surface area contributed by atoms with Crippen LogP contribution in [-0.2, 0) is 22.3 Å². The van der Waals surface area contributed by atoms with Crippen LogP contribution in [0.25, 0.3) is 5.65 Å². The molecule has 11 heteroatoms. The van der Waals surface area contributed by atoms with Crippen LogP contribution in [0, 0.1) is 13.8 Å². The minimum Gasteiger partial charge on any atom is -0.368 e. The van der Waals surface area contributed by atoms with Crippen LogP contribution in [0.15, 0.2) is 24.3 Å². The zero-order valence-corrected chi connectivity index (χ0v) is 17.0. The molecule has 0 bridgehead atoms. The van der Waals surface area contributed by atoms with Crippen molar-refractivity contribution in [3.8, 4) is 0 Å². The maximum Gasteiger partial charge on any atom is 0.453 e. The molecule has 2 aromatic heterocycles. The highest BCUT2D eigenvalue weighted by Gasteiger charge is 2.38. The second-order valence-electron chi connectivity index (χ2n) is 7.40. The Morgan fingerprint density at radius 3 is 2.77 bits per heavy atom. The molecule has 1 atom stereocenters. The summed E-state index contributed by atoms with van der Waals surface area (Å²) in [6.45, 7) is 4.31. The van der Waals surface area contributed by atoms with Crippen molar-refractivity contribution >= 4 is 23.1 Å². The van der Waals surface area contributed by atoms with Crippen LogP contribution in [0.2, 0.25) is 0 Å². The van der Waals surface area contributed by atoms with E-state index in [1.165, 1.54) is 0 Å². The summed E-state index contributed by atoms with van der Waals surface area (Å²) < 4.78 is 45.7. The molecule has 0 spiro atoms. The van der Waals surface area contributed by atoms with Gasteiger partial charge in [-0.25, -0.2) is 0 Å². The molecule has 8 nitrogen and oxygen atoms in total. The molecule has 2 N–H and O–H groups in total. The first-order chi connectivity index (χ1) is 14.7. The van der Waals surface area contributed by atoms with Gasteiger partial charge in [0.15, 0.2) is 11.5 Å². The third-order valence-corrected chi connectivity index (χ3v) is 5.22. The summed E-state index contributed by atoms with van der Waals surface area (Å²) >= 11 is 0. The average molecular weight is 434 g/mol. The number of amides is 1. The number of benzene rings is 1. The number of rotatable bonds is 5. The standard InChI is InChI=1S/C20H21F3N6O2/c1-11-12(2)17-26-27-19(20(21,22)23)29(17)28-16(11)24-10-13-5-3-6-14(9-13)25-18(30)15-7-4-8-31-15/h3,5-6,9,15H,4,7-8,10H2,1-2H3,(H,24,28)(H,25,30). The average Bonchev–Trinajstić information content (AvgIpc) is 3.39. The highest BCUT2D eigenvalue weighted by molar-refractivity contribution is 5.94. The molecule has 0 saturated carbocycles. The summed E-state index contributed by atoms with van der Waals surface area (Å²) in [5.74, 6) is -1.06. The van der Waals surface area contributed by atoms with Crippen LogP contribution >= 0.6 is 0 Å². The van der Waals surface area contributed by atoms with Crippen LogP contribution in [0.1, 0.15) is 35.4 Å². The van der Waals surface area contributed by atoms with E-state index < -0.39 is 18.1 Å². The fraction of sp³-hybridized carbons (Fsp3) is 0.400. The minimum atomic E-state index is -4.67. The van der Waals surface area contributed by atoms with E-state index in [0.717, 1.165) is 12.0 Å². The van der Waals surface area contributed by atoms with E-state index in [0.29, 0.717) is 46.7 Å². The number of nitrogens with zero attached hydrogens (tertiary/aromatic N) is 4. The van der Waals surface area contributed by atoms with Gasteiger partial charge < -0.3 is 15.4 Å². The maximum absolute atomic E-state index is 13.2. The van der Waals surface area contributed by atoms with E-state index in [9.17, 15) is 18.0 Å². The second-order valence-corrected chi connectivity index (χ2v) is 7.40. The number of aryl methyl sites for hydroxylation is 1. The number of carbonyl (C=O) groups excluding carboxylic acids is 1. The van der Waals surface area contributed by atoms with Crippen LogP contribution < -0.4 is 10.6 Å². The van der Waals surface area contributed by atoms with E-state index >= 15 is 0 Å². The van der Waals surface area contributed by atoms with Gasteiger partial charge in [0.25, 0.3) is 11.7 Å². The van der Waals surface area contributed by atoms with Crippen molar-refractivity contribution in [1.82, 2.24) is 19.8 Å². The number of nitrogens with one attached hydrogen (secondary N) is 2. The van der Waals surface area contributed by atoms with Gasteiger partial charge in [0.1, 0.15) is 6.10 Å². The monoisotopic (exact) mass is 434 g/mol. The Morgan fingerprint density at radius 2 is 2.06 bits per heavy atom. The molecule has 0 aliphatic carbocycles. The number of carbonyl (C=O) groups is 1. The summed E-state index contributed by atoms with van der Waals surface area (Å²) in [6, 6.07) is 7.19. The predicted molar refractivity (Wildman–Crippen MR) is 107 cm³/mol. The molecular formula is C20H21F3N6O2. The molecule has 1 aliphatic heterocycles. The van der Waals surface area contributed by atoms with Gasteiger partial charge in [0.05, 0.1) is 0 Å². The SMILES string of the molecule is Cc1c(NCc2cccc(NC(=O)C3CCCO3)c2)nn2c(C(F)(F)F)nnc2c1C. The Morgan fingerprint density at radius 1 is 1.26 bits per heavy atom. The predicted octanol–water partition coefficient (Wildman–Crippen LogP) is 3.49. The first-order valence-electron chi connectivity index (χ1n) is 9.79. The number of hydrogen-bond acceptors (Lipinski definition) is 6. The van der Waals surface area contributed by atoms with Gasteiger partial charge in [0, 0.05) is 24.4 Å². The molecule has 164 valence electrons. The Hall–Kier alpha value is -3.21. The van der Waals surface area contributed by atoms with E-state index in [-0.39, 0.29) is 11.6 Å². The van der Waals surface area contributed by atoms with Crippen molar-refractivity contribution in [2.45, 2.75) is 45.5 Å². The summed E-state index contributed by atoms with van der Waals surface area (Å²) in [7, 11) is 0. The van der Waals surface area contributed by atoms with Crippen molar-refractivity contribution in [2.24, 2.45) is 0 Å². The Kier molecular flexibility index (Phi) is 5.52. The van der Waals surface area contributed by atoms with Gasteiger partial charge in [-0.1, -0.05) is 12.1 Å². The molecular weight excluding hydrogens is 413 g/mol. The zero-order chi connectivity index (χ0) is 22.2. The lowest BCUT2D eigenvalue weighted by atomic mass is 10.1. The lowest BCUT2D eigenvalue weighted by Gasteiger charge is -2.14. The Labute approximate surface area is 175 Å². The normalized spacial score (nSPS) is 16.6. The smallest absolute Gasteiger partial charge is 0.368 e. The largest absolute Gasteiger partial charge is 0.453 e. The van der Waals surface area contributed by atoms with Gasteiger partial charge in [-0.05, 0) is 49.9 Å². The zero-order valence-electron chi connectivity index (χ0n) is 17.0. The van der Waals surface area contributed by atoms with E-state index in [1.54, 1.807) is 32.0 Å². The third-order valence-electron chi connectivity index (χ3n) is 5.22. The molecule has 3 aromatic rings. The second kappa shape index (κ2) is 8.14. The highest BCUT2D eigenvalue weighted by atomic mass is 19.4. The first kappa shape index (κ1) is 21.0. The van der Waals surface area contributed by atoms with Crippen molar-refractivity contribution in [3.63, 3.8) is 0 Å². The minimum absolute atomic E-state index is 0.0641. The molecule has 1 aliphatic rings. The van der Waals surface area contributed by atoms with Gasteiger partial charge in [-0.15, -0.1) is 15.3 Å². The molecule has 1 fully saturated rings. The molecule has 1 amide bonds. The number of alkyl halides is 3. The van der Waals surface area contributed by atoms with Crippen molar-refractivity contribution < 1.29 is 22.7 Å². The number of hydrogen-bond donors (Lipinski definition) is 2. The third kappa shape index (κ3) is 4.31. The van der Waals surface area contributed by atoms with Crippen LogP contribution in [0.3, 0.4) is 0 Å². The van der Waals surface area contributed by atoms with E-state index in [4.69, 9.17) is 4.74 Å². The van der Waals surface area contributed by atoms with Crippen molar-refractivity contribution in [1.29, 1.82) is 0 Å². The Bertz CT molecular complexity index is 1120. The van der Waals surface area contributed by atoms with Crippen LogP contribution in [0.4, 0.5) is 24.7 Å². The summed E-state index contributed by atoms with van der Waals surface area (Å²) in [6.07, 6.45) is -3.54. The number of halogens is 3. The fourth-order valence-electron chi connectivity index (χ4n) is 3.43. The maximum atomic E-state index is 13.2.